The monoisotopic (exact) mass is 392 g/mol. The third-order valence-electron chi connectivity index (χ3n) is 4.25. The number of piperidine rings is 1. The van der Waals surface area contributed by atoms with Crippen LogP contribution in [0.2, 0.25) is 0 Å². The summed E-state index contributed by atoms with van der Waals surface area (Å²) in [6.45, 7) is 1.69. The summed E-state index contributed by atoms with van der Waals surface area (Å²) in [6, 6.07) is 2.98. The zero-order chi connectivity index (χ0) is 19.3. The predicted octanol–water partition coefficient (Wildman–Crippen LogP) is 3.12. The molecule has 1 aromatic rings. The van der Waals surface area contributed by atoms with Gasteiger partial charge in [-0.1, -0.05) is 13.3 Å². The summed E-state index contributed by atoms with van der Waals surface area (Å²) in [7, 11) is -4.07. The Bertz CT molecular complexity index is 735. The Hall–Kier alpha value is -1.61. The van der Waals surface area contributed by atoms with Crippen LogP contribution in [-0.4, -0.2) is 56.1 Å². The molecule has 0 aromatic heterocycles. The van der Waals surface area contributed by atoms with E-state index in [1.165, 1.54) is 4.31 Å². The standard InChI is InChI=1S/C17H23F3N2O3S/c1-2-8-21(12-16(19)20)17(23)13-6-7-14(18)15(11-13)26(24,25)22-9-4-3-5-10-22/h6-7,11,16H,2-5,8-10,12H2,1H3. The van der Waals surface area contributed by atoms with E-state index in [0.717, 1.165) is 29.5 Å². The molecule has 0 atom stereocenters. The topological polar surface area (TPSA) is 57.7 Å². The first kappa shape index (κ1) is 20.7. The second-order valence-corrected chi connectivity index (χ2v) is 8.16. The fourth-order valence-electron chi connectivity index (χ4n) is 2.97. The normalized spacial score (nSPS) is 16.0. The third-order valence-corrected chi connectivity index (χ3v) is 6.16. The molecule has 1 saturated heterocycles. The van der Waals surface area contributed by atoms with Crippen molar-refractivity contribution in [2.75, 3.05) is 26.2 Å². The van der Waals surface area contributed by atoms with E-state index >= 15 is 0 Å². The number of carbonyl (C=O) groups is 1. The number of amides is 1. The van der Waals surface area contributed by atoms with Gasteiger partial charge in [0.05, 0.1) is 6.54 Å². The molecule has 1 aromatic carbocycles. The molecule has 0 N–H and O–H groups in total. The van der Waals surface area contributed by atoms with E-state index in [2.05, 4.69) is 0 Å². The summed E-state index contributed by atoms with van der Waals surface area (Å²) < 4.78 is 66.2. The van der Waals surface area contributed by atoms with Crippen molar-refractivity contribution in [1.82, 2.24) is 9.21 Å². The lowest BCUT2D eigenvalue weighted by Gasteiger charge is -2.26. The first-order valence-electron chi connectivity index (χ1n) is 8.64. The molecule has 146 valence electrons. The van der Waals surface area contributed by atoms with Crippen LogP contribution in [0.5, 0.6) is 0 Å². The fourth-order valence-corrected chi connectivity index (χ4v) is 4.58. The molecule has 26 heavy (non-hydrogen) atoms. The number of nitrogens with zero attached hydrogens (tertiary/aromatic N) is 2. The van der Waals surface area contributed by atoms with Gasteiger partial charge >= 0.3 is 0 Å². The minimum absolute atomic E-state index is 0.106. The number of hydrogen-bond acceptors (Lipinski definition) is 3. The molecule has 1 aliphatic heterocycles. The van der Waals surface area contributed by atoms with Gasteiger partial charge in [-0.15, -0.1) is 0 Å². The van der Waals surface area contributed by atoms with Crippen molar-refractivity contribution in [3.05, 3.63) is 29.6 Å². The number of halogens is 3. The molecule has 0 radical (unpaired) electrons. The van der Waals surface area contributed by atoms with Gasteiger partial charge in [0.1, 0.15) is 10.7 Å². The van der Waals surface area contributed by atoms with Gasteiger partial charge in [-0.3, -0.25) is 4.79 Å². The van der Waals surface area contributed by atoms with Crippen molar-refractivity contribution >= 4 is 15.9 Å². The van der Waals surface area contributed by atoms with Gasteiger partial charge in [0.25, 0.3) is 12.3 Å². The first-order chi connectivity index (χ1) is 12.3. The molecule has 9 heteroatoms. The average Bonchev–Trinajstić information content (AvgIpc) is 2.61. The summed E-state index contributed by atoms with van der Waals surface area (Å²) in [5, 5.41) is 0. The van der Waals surface area contributed by atoms with Gasteiger partial charge in [-0.05, 0) is 37.5 Å². The van der Waals surface area contributed by atoms with E-state index in [1.54, 1.807) is 6.92 Å². The van der Waals surface area contributed by atoms with Crippen LogP contribution in [0.4, 0.5) is 13.2 Å². The van der Waals surface area contributed by atoms with Gasteiger partial charge in [0, 0.05) is 25.2 Å². The predicted molar refractivity (Wildman–Crippen MR) is 91.2 cm³/mol. The van der Waals surface area contributed by atoms with E-state index in [9.17, 15) is 26.4 Å². The Labute approximate surface area is 151 Å². The summed E-state index contributed by atoms with van der Waals surface area (Å²) in [4.78, 5) is 12.9. The van der Waals surface area contributed by atoms with Crippen molar-refractivity contribution in [1.29, 1.82) is 0 Å². The van der Waals surface area contributed by atoms with Gasteiger partial charge in [-0.25, -0.2) is 21.6 Å². The molecule has 1 aliphatic rings. The molecule has 1 heterocycles. The molecule has 0 saturated carbocycles. The molecule has 0 unspecified atom stereocenters. The van der Waals surface area contributed by atoms with Crippen LogP contribution in [-0.2, 0) is 10.0 Å². The molecule has 0 aliphatic carbocycles. The van der Waals surface area contributed by atoms with Crippen molar-refractivity contribution in [3.63, 3.8) is 0 Å². The number of sulfonamides is 1. The quantitative estimate of drug-likeness (QED) is 0.716. The smallest absolute Gasteiger partial charge is 0.255 e. The number of hydrogen-bond donors (Lipinski definition) is 0. The Morgan fingerprint density at radius 1 is 1.23 bits per heavy atom. The van der Waals surface area contributed by atoms with Crippen molar-refractivity contribution in [2.24, 2.45) is 0 Å². The minimum Gasteiger partial charge on any atom is -0.333 e. The van der Waals surface area contributed by atoms with Crippen LogP contribution >= 0.6 is 0 Å². The van der Waals surface area contributed by atoms with Crippen LogP contribution in [0.3, 0.4) is 0 Å². The molecule has 2 rings (SSSR count). The lowest BCUT2D eigenvalue weighted by molar-refractivity contribution is 0.0555. The Morgan fingerprint density at radius 2 is 1.88 bits per heavy atom. The Kier molecular flexibility index (Phi) is 7.05. The summed E-state index contributed by atoms with van der Waals surface area (Å²) in [5.74, 6) is -1.69. The molecule has 0 bridgehead atoms. The van der Waals surface area contributed by atoms with Crippen LogP contribution < -0.4 is 0 Å². The van der Waals surface area contributed by atoms with Gasteiger partial charge in [0.2, 0.25) is 10.0 Å². The maximum atomic E-state index is 14.2. The van der Waals surface area contributed by atoms with Crippen molar-refractivity contribution in [2.45, 2.75) is 43.9 Å². The van der Waals surface area contributed by atoms with E-state index in [1.807, 2.05) is 0 Å². The summed E-state index contributed by atoms with van der Waals surface area (Å²) in [5.41, 5.74) is -0.115. The van der Waals surface area contributed by atoms with Crippen LogP contribution in [0.15, 0.2) is 23.1 Å². The number of alkyl halides is 2. The molecule has 1 fully saturated rings. The molecular weight excluding hydrogens is 369 g/mol. The second-order valence-electron chi connectivity index (χ2n) is 6.25. The second kappa shape index (κ2) is 8.85. The van der Waals surface area contributed by atoms with Crippen LogP contribution in [0.1, 0.15) is 43.0 Å². The highest BCUT2D eigenvalue weighted by atomic mass is 32.2. The summed E-state index contributed by atoms with van der Waals surface area (Å²) >= 11 is 0. The fraction of sp³-hybridized carbons (Fsp3) is 0.588. The highest BCUT2D eigenvalue weighted by Gasteiger charge is 2.30. The maximum Gasteiger partial charge on any atom is 0.255 e. The van der Waals surface area contributed by atoms with Gasteiger partial charge in [0.15, 0.2) is 0 Å². The third kappa shape index (κ3) is 4.76. The van der Waals surface area contributed by atoms with Gasteiger partial charge in [-0.2, -0.15) is 4.31 Å². The average molecular weight is 392 g/mol. The lowest BCUT2D eigenvalue weighted by Crippen LogP contribution is -2.37. The highest BCUT2D eigenvalue weighted by molar-refractivity contribution is 7.89. The largest absolute Gasteiger partial charge is 0.333 e. The van der Waals surface area contributed by atoms with E-state index in [0.29, 0.717) is 32.4 Å². The first-order valence-corrected chi connectivity index (χ1v) is 10.1. The number of rotatable bonds is 7. The molecular formula is C17H23F3N2O3S. The number of benzene rings is 1. The summed E-state index contributed by atoms with van der Waals surface area (Å²) in [6.07, 6.45) is 0.0594. The van der Waals surface area contributed by atoms with Crippen molar-refractivity contribution < 1.29 is 26.4 Å². The highest BCUT2D eigenvalue weighted by Crippen LogP contribution is 2.24. The maximum absolute atomic E-state index is 14.2. The minimum atomic E-state index is -4.07. The zero-order valence-electron chi connectivity index (χ0n) is 14.6. The Morgan fingerprint density at radius 3 is 2.46 bits per heavy atom. The van der Waals surface area contributed by atoms with Crippen molar-refractivity contribution in [3.8, 4) is 0 Å². The molecule has 5 nitrogen and oxygen atoms in total. The zero-order valence-corrected chi connectivity index (χ0v) is 15.4. The lowest BCUT2D eigenvalue weighted by atomic mass is 10.2. The Balaban J connectivity index is 2.35. The van der Waals surface area contributed by atoms with E-state index in [4.69, 9.17) is 0 Å². The van der Waals surface area contributed by atoms with E-state index in [-0.39, 0.29) is 12.1 Å². The van der Waals surface area contributed by atoms with E-state index < -0.39 is 39.6 Å². The van der Waals surface area contributed by atoms with Crippen LogP contribution in [0.25, 0.3) is 0 Å². The SMILES string of the molecule is CCCN(CC(F)F)C(=O)c1ccc(F)c(S(=O)(=O)N2CCCCC2)c1. The van der Waals surface area contributed by atoms with Crippen LogP contribution in [0, 0.1) is 5.82 Å². The molecule has 1 amide bonds. The number of carbonyl (C=O) groups excluding carboxylic acids is 1. The van der Waals surface area contributed by atoms with Gasteiger partial charge < -0.3 is 4.90 Å². The molecule has 0 spiro atoms.